The molecule has 5 nitrogen and oxygen atoms in total. The number of piperidine rings is 1. The van der Waals surface area contributed by atoms with Crippen LogP contribution in [0.1, 0.15) is 29.3 Å². The van der Waals surface area contributed by atoms with Gasteiger partial charge in [0.2, 0.25) is 0 Å². The highest BCUT2D eigenvalue weighted by Crippen LogP contribution is 2.30. The normalized spacial score (nSPS) is 20.6. The fourth-order valence-electron chi connectivity index (χ4n) is 3.69. The van der Waals surface area contributed by atoms with Crippen molar-refractivity contribution in [2.24, 2.45) is 0 Å². The number of aromatic nitrogens is 1. The molecule has 1 N–H and O–H groups in total. The number of fused-ring (bicyclic) bond motifs is 1. The third-order valence-corrected chi connectivity index (χ3v) is 6.11. The highest BCUT2D eigenvalue weighted by molar-refractivity contribution is 7.18. The third-order valence-electron chi connectivity index (χ3n) is 4.91. The number of likely N-dealkylation sites (tertiary alicyclic amines) is 1. The number of rotatable bonds is 4. The highest BCUT2D eigenvalue weighted by atomic mass is 32.1. The van der Waals surface area contributed by atoms with Crippen LogP contribution in [0.15, 0.2) is 48.5 Å². The van der Waals surface area contributed by atoms with Crippen LogP contribution in [0.5, 0.6) is 0 Å². The first-order valence-electron chi connectivity index (χ1n) is 8.62. The standard InChI is InChI=1S/C19H19N3O2S/c23-22(24)17-9-3-1-6-14(17)12-21-11-5-7-15(13-21)19-20-16-8-2-4-10-18(16)25-19/h1-4,6,8-10,15H,5,7,11-13H2/p+1/t15-/m0/s1. The van der Waals surface area contributed by atoms with Gasteiger partial charge in [-0.05, 0) is 31.0 Å². The van der Waals surface area contributed by atoms with E-state index in [1.165, 1.54) is 14.6 Å². The Hall–Kier alpha value is -2.31. The minimum absolute atomic E-state index is 0.233. The lowest BCUT2D eigenvalue weighted by atomic mass is 9.98. The number of hydrogen-bond acceptors (Lipinski definition) is 4. The van der Waals surface area contributed by atoms with Crippen LogP contribution in [0.4, 0.5) is 5.69 Å². The van der Waals surface area contributed by atoms with Gasteiger partial charge < -0.3 is 4.90 Å². The summed E-state index contributed by atoms with van der Waals surface area (Å²) < 4.78 is 1.24. The van der Waals surface area contributed by atoms with E-state index in [2.05, 4.69) is 18.2 Å². The molecule has 0 aliphatic carbocycles. The molecule has 1 aromatic heterocycles. The van der Waals surface area contributed by atoms with Gasteiger partial charge in [0.1, 0.15) is 11.6 Å². The summed E-state index contributed by atoms with van der Waals surface area (Å²) in [6, 6.07) is 15.4. The van der Waals surface area contributed by atoms with E-state index in [0.717, 1.165) is 37.0 Å². The minimum Gasteiger partial charge on any atom is -0.330 e. The SMILES string of the molecule is O=[N+]([O-])c1ccccc1C[NH+]1CCC[C@H](c2nc3ccccc3s2)C1. The topological polar surface area (TPSA) is 60.5 Å². The van der Waals surface area contributed by atoms with Crippen LogP contribution in [-0.2, 0) is 6.54 Å². The van der Waals surface area contributed by atoms with Crippen molar-refractivity contribution in [1.29, 1.82) is 0 Å². The fourth-order valence-corrected chi connectivity index (χ4v) is 4.80. The minimum atomic E-state index is -0.274. The van der Waals surface area contributed by atoms with Crippen LogP contribution in [0.2, 0.25) is 0 Å². The Morgan fingerprint density at radius 1 is 1.20 bits per heavy atom. The van der Waals surface area contributed by atoms with Crippen LogP contribution < -0.4 is 4.90 Å². The van der Waals surface area contributed by atoms with Crippen LogP contribution in [0, 0.1) is 10.1 Å². The summed E-state index contributed by atoms with van der Waals surface area (Å²) in [6.07, 6.45) is 2.29. The Morgan fingerprint density at radius 3 is 2.84 bits per heavy atom. The summed E-state index contributed by atoms with van der Waals surface area (Å²) in [5.41, 5.74) is 2.14. The number of nitrogens with one attached hydrogen (secondary N) is 1. The van der Waals surface area contributed by atoms with Crippen molar-refractivity contribution in [1.82, 2.24) is 4.98 Å². The van der Waals surface area contributed by atoms with E-state index in [9.17, 15) is 10.1 Å². The Labute approximate surface area is 150 Å². The summed E-state index contributed by atoms with van der Waals surface area (Å²) in [4.78, 5) is 17.2. The number of hydrogen-bond donors (Lipinski definition) is 1. The lowest BCUT2D eigenvalue weighted by Gasteiger charge is -2.28. The monoisotopic (exact) mass is 354 g/mol. The Morgan fingerprint density at radius 2 is 2.00 bits per heavy atom. The number of para-hydroxylation sites is 2. The summed E-state index contributed by atoms with van der Waals surface area (Å²) in [5, 5.41) is 12.4. The molecule has 25 heavy (non-hydrogen) atoms. The van der Waals surface area contributed by atoms with Gasteiger partial charge in [-0.3, -0.25) is 10.1 Å². The number of quaternary nitrogens is 1. The maximum atomic E-state index is 11.2. The predicted octanol–water partition coefficient (Wildman–Crippen LogP) is 3.17. The van der Waals surface area contributed by atoms with Crippen LogP contribution in [-0.4, -0.2) is 23.0 Å². The summed E-state index contributed by atoms with van der Waals surface area (Å²) >= 11 is 1.79. The lowest BCUT2D eigenvalue weighted by molar-refractivity contribution is -0.920. The first-order valence-corrected chi connectivity index (χ1v) is 9.43. The highest BCUT2D eigenvalue weighted by Gasteiger charge is 2.28. The molecule has 0 bridgehead atoms. The second-order valence-corrected chi connectivity index (χ2v) is 7.69. The van der Waals surface area contributed by atoms with Crippen molar-refractivity contribution in [3.8, 4) is 0 Å². The Bertz CT molecular complexity index is 875. The molecule has 0 spiro atoms. The average Bonchev–Trinajstić information content (AvgIpc) is 3.06. The van der Waals surface area contributed by atoms with Crippen LogP contribution >= 0.6 is 11.3 Å². The van der Waals surface area contributed by atoms with E-state index in [4.69, 9.17) is 4.98 Å². The molecule has 1 saturated heterocycles. The lowest BCUT2D eigenvalue weighted by Crippen LogP contribution is -3.12. The number of benzene rings is 2. The maximum absolute atomic E-state index is 11.2. The van der Waals surface area contributed by atoms with E-state index >= 15 is 0 Å². The van der Waals surface area contributed by atoms with Gasteiger partial charge >= 0.3 is 0 Å². The number of nitrogens with zero attached hydrogens (tertiary/aromatic N) is 2. The summed E-state index contributed by atoms with van der Waals surface area (Å²) in [6.45, 7) is 2.76. The zero-order chi connectivity index (χ0) is 17.2. The first kappa shape index (κ1) is 16.2. The molecule has 6 heteroatoms. The van der Waals surface area contributed by atoms with Crippen LogP contribution in [0.25, 0.3) is 10.2 Å². The molecule has 1 aliphatic rings. The molecule has 128 valence electrons. The average molecular weight is 354 g/mol. The Kier molecular flexibility index (Phi) is 4.46. The smallest absolute Gasteiger partial charge is 0.278 e. The largest absolute Gasteiger partial charge is 0.330 e. The summed E-state index contributed by atoms with van der Waals surface area (Å²) in [5.74, 6) is 0.448. The molecule has 2 heterocycles. The maximum Gasteiger partial charge on any atom is 0.278 e. The Balaban J connectivity index is 1.52. The van der Waals surface area contributed by atoms with Gasteiger partial charge in [-0.2, -0.15) is 0 Å². The van der Waals surface area contributed by atoms with E-state index in [1.807, 2.05) is 18.2 Å². The third kappa shape index (κ3) is 3.41. The molecule has 1 fully saturated rings. The van der Waals surface area contributed by atoms with E-state index in [0.29, 0.717) is 12.5 Å². The second kappa shape index (κ2) is 6.90. The molecular weight excluding hydrogens is 334 g/mol. The van der Waals surface area contributed by atoms with Crippen molar-refractivity contribution < 1.29 is 9.82 Å². The molecule has 1 unspecified atom stereocenters. The van der Waals surface area contributed by atoms with Crippen molar-refractivity contribution in [3.05, 3.63) is 69.2 Å². The summed E-state index contributed by atoms with van der Waals surface area (Å²) in [7, 11) is 0. The van der Waals surface area contributed by atoms with Crippen LogP contribution in [0.3, 0.4) is 0 Å². The van der Waals surface area contributed by atoms with E-state index < -0.39 is 0 Å². The molecule has 0 amide bonds. The second-order valence-electron chi connectivity index (χ2n) is 6.63. The van der Waals surface area contributed by atoms with Gasteiger partial charge in [-0.1, -0.05) is 24.3 Å². The molecule has 2 aromatic carbocycles. The zero-order valence-corrected chi connectivity index (χ0v) is 14.7. The van der Waals surface area contributed by atoms with Gasteiger partial charge in [0.15, 0.2) is 0 Å². The molecular formula is C19H20N3O2S+. The number of nitro benzene ring substituents is 1. The number of nitro groups is 1. The molecule has 0 radical (unpaired) electrons. The molecule has 0 saturated carbocycles. The zero-order valence-electron chi connectivity index (χ0n) is 13.9. The quantitative estimate of drug-likeness (QED) is 0.578. The van der Waals surface area contributed by atoms with Gasteiger partial charge in [0, 0.05) is 6.07 Å². The predicted molar refractivity (Wildman–Crippen MR) is 99.1 cm³/mol. The van der Waals surface area contributed by atoms with Crippen molar-refractivity contribution >= 4 is 27.2 Å². The van der Waals surface area contributed by atoms with Gasteiger partial charge in [0.25, 0.3) is 5.69 Å². The van der Waals surface area contributed by atoms with Gasteiger partial charge in [-0.25, -0.2) is 4.98 Å². The first-order chi connectivity index (χ1) is 12.2. The van der Waals surface area contributed by atoms with Crippen molar-refractivity contribution in [2.45, 2.75) is 25.3 Å². The van der Waals surface area contributed by atoms with Gasteiger partial charge in [-0.15, -0.1) is 11.3 Å². The molecule has 1 aliphatic heterocycles. The van der Waals surface area contributed by atoms with E-state index in [-0.39, 0.29) is 10.6 Å². The van der Waals surface area contributed by atoms with Gasteiger partial charge in [0.05, 0.1) is 39.7 Å². The van der Waals surface area contributed by atoms with E-state index in [1.54, 1.807) is 23.5 Å². The molecule has 4 rings (SSSR count). The number of thiazole rings is 1. The molecule has 3 aromatic rings. The fraction of sp³-hybridized carbons (Fsp3) is 0.316. The van der Waals surface area contributed by atoms with Crippen molar-refractivity contribution in [3.63, 3.8) is 0 Å². The van der Waals surface area contributed by atoms with Crippen molar-refractivity contribution in [2.75, 3.05) is 13.1 Å². The molecule has 2 atom stereocenters.